The van der Waals surface area contributed by atoms with Gasteiger partial charge in [-0.25, -0.2) is 0 Å². The van der Waals surface area contributed by atoms with Crippen molar-refractivity contribution in [2.75, 3.05) is 11.9 Å². The van der Waals surface area contributed by atoms with Crippen LogP contribution >= 0.6 is 22.9 Å². The number of hydrogen-bond donors (Lipinski definition) is 0. The molecule has 0 spiro atoms. The lowest BCUT2D eigenvalue weighted by atomic mass is 10.1. The second-order valence-electron chi connectivity index (χ2n) is 4.81. The highest BCUT2D eigenvalue weighted by molar-refractivity contribution is 7.09. The van der Waals surface area contributed by atoms with E-state index in [4.69, 9.17) is 11.6 Å². The summed E-state index contributed by atoms with van der Waals surface area (Å²) in [6.07, 6.45) is 1.01. The zero-order chi connectivity index (χ0) is 14.0. The number of nitrogens with zero attached hydrogens (tertiary/aromatic N) is 3. The molecular weight excluding hydrogens is 278 g/mol. The summed E-state index contributed by atoms with van der Waals surface area (Å²) in [5, 5.41) is 10.8. The molecule has 2 rings (SSSR count). The molecule has 0 amide bonds. The monoisotopic (exact) mass is 295 g/mol. The van der Waals surface area contributed by atoms with Crippen LogP contribution in [-0.4, -0.2) is 23.3 Å². The first-order valence-electron chi connectivity index (χ1n) is 6.25. The van der Waals surface area contributed by atoms with Crippen molar-refractivity contribution in [3.63, 3.8) is 0 Å². The van der Waals surface area contributed by atoms with Crippen LogP contribution in [0.2, 0.25) is 5.15 Å². The number of anilines is 1. The van der Waals surface area contributed by atoms with Gasteiger partial charge in [0.15, 0.2) is 11.0 Å². The lowest BCUT2D eigenvalue weighted by molar-refractivity contribution is 0.672. The second-order valence-corrected chi connectivity index (χ2v) is 6.20. The number of rotatable bonds is 4. The van der Waals surface area contributed by atoms with E-state index in [9.17, 15) is 0 Å². The van der Waals surface area contributed by atoms with Gasteiger partial charge in [-0.15, -0.1) is 21.5 Å². The Bertz CT molecular complexity index is 554. The number of halogens is 1. The van der Waals surface area contributed by atoms with E-state index < -0.39 is 0 Å². The van der Waals surface area contributed by atoms with E-state index in [0.29, 0.717) is 11.2 Å². The molecule has 0 fully saturated rings. The van der Waals surface area contributed by atoms with Gasteiger partial charge in [0.1, 0.15) is 0 Å². The largest absolute Gasteiger partial charge is 0.355 e. The average molecular weight is 296 g/mol. The van der Waals surface area contributed by atoms with Crippen LogP contribution in [0.5, 0.6) is 0 Å². The van der Waals surface area contributed by atoms with Gasteiger partial charge in [-0.1, -0.05) is 17.7 Å². The summed E-state index contributed by atoms with van der Waals surface area (Å²) in [6.45, 7) is 6.22. The predicted molar refractivity (Wildman–Crippen MR) is 82.4 cm³/mol. The second kappa shape index (κ2) is 5.88. The fourth-order valence-electron chi connectivity index (χ4n) is 1.96. The third kappa shape index (κ3) is 3.07. The van der Waals surface area contributed by atoms with Crippen LogP contribution in [-0.2, 0) is 6.42 Å². The summed E-state index contributed by atoms with van der Waals surface area (Å²) in [5.41, 5.74) is 2.10. The van der Waals surface area contributed by atoms with Gasteiger partial charge in [0.05, 0.1) is 0 Å². The Balaban J connectivity index is 2.19. The SMILES string of the molecule is Cc1c(Cl)nnc(N(C)C(C)Cc2cccs2)c1C. The fourth-order valence-corrected chi connectivity index (χ4v) is 2.97. The maximum atomic E-state index is 5.99. The third-order valence-electron chi connectivity index (χ3n) is 3.51. The molecule has 2 aromatic heterocycles. The van der Waals surface area contributed by atoms with Gasteiger partial charge >= 0.3 is 0 Å². The highest BCUT2D eigenvalue weighted by atomic mass is 35.5. The van der Waals surface area contributed by atoms with E-state index in [-0.39, 0.29) is 0 Å². The lowest BCUT2D eigenvalue weighted by Gasteiger charge is -2.27. The molecule has 0 N–H and O–H groups in total. The van der Waals surface area contributed by atoms with Crippen LogP contribution < -0.4 is 4.90 Å². The molecule has 0 saturated heterocycles. The van der Waals surface area contributed by atoms with Crippen molar-refractivity contribution in [1.82, 2.24) is 10.2 Å². The van der Waals surface area contributed by atoms with Gasteiger partial charge < -0.3 is 4.90 Å². The Morgan fingerprint density at radius 2 is 2.05 bits per heavy atom. The predicted octanol–water partition coefficient (Wildman–Crippen LogP) is 3.88. The standard InChI is InChI=1S/C14H18ClN3S/c1-9(8-12-6-5-7-19-12)18(4)14-11(3)10(2)13(15)16-17-14/h5-7,9H,8H2,1-4H3. The van der Waals surface area contributed by atoms with E-state index in [0.717, 1.165) is 23.4 Å². The highest BCUT2D eigenvalue weighted by Crippen LogP contribution is 2.25. The van der Waals surface area contributed by atoms with Gasteiger partial charge in [-0.05, 0) is 43.3 Å². The van der Waals surface area contributed by atoms with Crippen molar-refractivity contribution in [2.45, 2.75) is 33.2 Å². The van der Waals surface area contributed by atoms with Crippen molar-refractivity contribution < 1.29 is 0 Å². The Labute approximate surface area is 123 Å². The van der Waals surface area contributed by atoms with Gasteiger partial charge in [-0.3, -0.25) is 0 Å². The van der Waals surface area contributed by atoms with Gasteiger partial charge in [0.25, 0.3) is 0 Å². The minimum atomic E-state index is 0.368. The summed E-state index contributed by atoms with van der Waals surface area (Å²) in [6, 6.07) is 4.62. The average Bonchev–Trinajstić information content (AvgIpc) is 2.88. The summed E-state index contributed by atoms with van der Waals surface area (Å²) in [4.78, 5) is 3.56. The molecule has 0 aliphatic carbocycles. The molecule has 1 atom stereocenters. The number of likely N-dealkylation sites (N-methyl/N-ethyl adjacent to an activating group) is 1. The Kier molecular flexibility index (Phi) is 4.42. The van der Waals surface area contributed by atoms with Crippen molar-refractivity contribution >= 4 is 28.8 Å². The highest BCUT2D eigenvalue weighted by Gasteiger charge is 2.17. The third-order valence-corrected chi connectivity index (χ3v) is 4.77. The fraction of sp³-hybridized carbons (Fsp3) is 0.429. The van der Waals surface area contributed by atoms with Gasteiger partial charge in [-0.2, -0.15) is 0 Å². The van der Waals surface area contributed by atoms with Crippen molar-refractivity contribution in [3.05, 3.63) is 38.7 Å². The van der Waals surface area contributed by atoms with Gasteiger partial charge in [0.2, 0.25) is 0 Å². The normalized spacial score (nSPS) is 12.5. The summed E-state index contributed by atoms with van der Waals surface area (Å²) in [5.74, 6) is 0.908. The molecule has 5 heteroatoms. The summed E-state index contributed by atoms with van der Waals surface area (Å²) < 4.78 is 0. The molecule has 0 saturated carbocycles. The molecule has 0 aliphatic rings. The van der Waals surface area contributed by atoms with E-state index in [1.165, 1.54) is 4.88 Å². The zero-order valence-electron chi connectivity index (χ0n) is 11.6. The topological polar surface area (TPSA) is 29.0 Å². The molecular formula is C14H18ClN3S. The Hall–Kier alpha value is -1.13. The summed E-state index contributed by atoms with van der Waals surface area (Å²) in [7, 11) is 2.06. The molecule has 1 unspecified atom stereocenters. The van der Waals surface area contributed by atoms with Crippen LogP contribution in [0.3, 0.4) is 0 Å². The van der Waals surface area contributed by atoms with E-state index in [2.05, 4.69) is 46.6 Å². The quantitative estimate of drug-likeness (QED) is 0.857. The van der Waals surface area contributed by atoms with Crippen molar-refractivity contribution in [3.8, 4) is 0 Å². The van der Waals surface area contributed by atoms with Crippen LogP contribution in [0.1, 0.15) is 22.9 Å². The molecule has 3 nitrogen and oxygen atoms in total. The first kappa shape index (κ1) is 14.3. The first-order chi connectivity index (χ1) is 9.00. The summed E-state index contributed by atoms with van der Waals surface area (Å²) >= 11 is 7.78. The first-order valence-corrected chi connectivity index (χ1v) is 7.51. The van der Waals surface area contributed by atoms with Crippen LogP contribution in [0.15, 0.2) is 17.5 Å². The molecule has 2 heterocycles. The molecule has 102 valence electrons. The van der Waals surface area contributed by atoms with E-state index in [1.807, 2.05) is 13.8 Å². The molecule has 0 radical (unpaired) electrons. The molecule has 0 bridgehead atoms. The van der Waals surface area contributed by atoms with Crippen molar-refractivity contribution in [2.24, 2.45) is 0 Å². The lowest BCUT2D eigenvalue weighted by Crippen LogP contribution is -2.32. The van der Waals surface area contributed by atoms with Crippen LogP contribution in [0.25, 0.3) is 0 Å². The van der Waals surface area contributed by atoms with Crippen LogP contribution in [0.4, 0.5) is 5.82 Å². The maximum Gasteiger partial charge on any atom is 0.155 e. The molecule has 2 aromatic rings. The minimum absolute atomic E-state index is 0.368. The number of hydrogen-bond acceptors (Lipinski definition) is 4. The molecule has 0 aromatic carbocycles. The van der Waals surface area contributed by atoms with E-state index >= 15 is 0 Å². The van der Waals surface area contributed by atoms with Gasteiger partial charge in [0, 0.05) is 24.4 Å². The Morgan fingerprint density at radius 3 is 2.68 bits per heavy atom. The van der Waals surface area contributed by atoms with E-state index in [1.54, 1.807) is 11.3 Å². The molecule has 0 aliphatic heterocycles. The Morgan fingerprint density at radius 1 is 1.32 bits per heavy atom. The zero-order valence-corrected chi connectivity index (χ0v) is 13.2. The number of aromatic nitrogens is 2. The molecule has 19 heavy (non-hydrogen) atoms. The minimum Gasteiger partial charge on any atom is -0.355 e. The number of thiophene rings is 1. The maximum absolute atomic E-state index is 5.99. The smallest absolute Gasteiger partial charge is 0.155 e. The van der Waals surface area contributed by atoms with Crippen molar-refractivity contribution in [1.29, 1.82) is 0 Å². The van der Waals surface area contributed by atoms with Crippen LogP contribution in [0, 0.1) is 13.8 Å².